The van der Waals surface area contributed by atoms with E-state index < -0.39 is 0 Å². The molecule has 1 aliphatic carbocycles. The Hall–Kier alpha value is -3.03. The number of hydrogen-bond donors (Lipinski definition) is 1. The van der Waals surface area contributed by atoms with Gasteiger partial charge in [-0.25, -0.2) is 9.97 Å². The van der Waals surface area contributed by atoms with Crippen LogP contribution >= 0.6 is 0 Å². The molecule has 1 saturated carbocycles. The molecule has 0 bridgehead atoms. The third kappa shape index (κ3) is 4.88. The van der Waals surface area contributed by atoms with Crippen LogP contribution in [0.4, 0.5) is 5.82 Å². The molecule has 2 fully saturated rings. The van der Waals surface area contributed by atoms with E-state index in [1.807, 2.05) is 11.0 Å². The van der Waals surface area contributed by atoms with Crippen LogP contribution in [0.25, 0.3) is 0 Å². The molecule has 1 N–H and O–H groups in total. The van der Waals surface area contributed by atoms with Crippen LogP contribution in [0.5, 0.6) is 0 Å². The quantitative estimate of drug-likeness (QED) is 0.796. The lowest BCUT2D eigenvalue weighted by molar-refractivity contribution is -0.129. The molecule has 1 saturated heterocycles. The Morgan fingerprint density at radius 3 is 2.59 bits per heavy atom. The summed E-state index contributed by atoms with van der Waals surface area (Å²) in [6.07, 6.45) is 4.52. The zero-order valence-electron chi connectivity index (χ0n) is 16.7. The molecule has 8 nitrogen and oxygen atoms in total. The van der Waals surface area contributed by atoms with Gasteiger partial charge >= 0.3 is 0 Å². The van der Waals surface area contributed by atoms with Crippen molar-refractivity contribution in [2.75, 3.05) is 37.6 Å². The second-order valence-corrected chi connectivity index (χ2v) is 7.56. The van der Waals surface area contributed by atoms with E-state index in [4.69, 9.17) is 9.97 Å². The standard InChI is InChI=1S/C21H26N6O2/c1-15(28)26-10-12-27(13-11-26)19-14-17(24-20(25-19)16-5-6-16)7-9-23-21(29)18-4-2-3-8-22-18/h2-4,8,14,16H,5-7,9-13H2,1H3,(H,23,29). The lowest BCUT2D eigenvalue weighted by Gasteiger charge is -2.35. The molecular formula is C21H26N6O2. The minimum Gasteiger partial charge on any atom is -0.353 e. The summed E-state index contributed by atoms with van der Waals surface area (Å²) in [7, 11) is 0. The van der Waals surface area contributed by atoms with Gasteiger partial charge in [0.05, 0.1) is 0 Å². The lowest BCUT2D eigenvalue weighted by Crippen LogP contribution is -2.48. The van der Waals surface area contributed by atoms with Crippen molar-refractivity contribution in [1.82, 2.24) is 25.2 Å². The highest BCUT2D eigenvalue weighted by Crippen LogP contribution is 2.38. The average Bonchev–Trinajstić information content (AvgIpc) is 3.60. The fourth-order valence-corrected chi connectivity index (χ4v) is 3.46. The molecule has 4 rings (SSSR count). The van der Waals surface area contributed by atoms with Gasteiger partial charge in [0.2, 0.25) is 5.91 Å². The first kappa shape index (κ1) is 19.3. The predicted molar refractivity (Wildman–Crippen MR) is 109 cm³/mol. The summed E-state index contributed by atoms with van der Waals surface area (Å²) in [5, 5.41) is 2.91. The van der Waals surface area contributed by atoms with Gasteiger partial charge in [0, 0.05) is 69.9 Å². The predicted octanol–water partition coefficient (Wildman–Crippen LogP) is 1.39. The molecule has 0 spiro atoms. The smallest absolute Gasteiger partial charge is 0.269 e. The van der Waals surface area contributed by atoms with Gasteiger partial charge in [-0.2, -0.15) is 0 Å². The first-order chi connectivity index (χ1) is 14.1. The summed E-state index contributed by atoms with van der Waals surface area (Å²) in [5.41, 5.74) is 1.35. The zero-order valence-corrected chi connectivity index (χ0v) is 16.7. The van der Waals surface area contributed by atoms with Crippen LogP contribution < -0.4 is 10.2 Å². The van der Waals surface area contributed by atoms with Crippen molar-refractivity contribution in [1.29, 1.82) is 0 Å². The summed E-state index contributed by atoms with van der Waals surface area (Å²) < 4.78 is 0. The van der Waals surface area contributed by atoms with Crippen LogP contribution in [-0.4, -0.2) is 64.4 Å². The van der Waals surface area contributed by atoms with Crippen LogP contribution in [0.1, 0.15) is 47.7 Å². The molecule has 2 amide bonds. The van der Waals surface area contributed by atoms with Gasteiger partial charge in [0.15, 0.2) is 0 Å². The van der Waals surface area contributed by atoms with Crippen LogP contribution in [0.2, 0.25) is 0 Å². The molecule has 2 aliphatic rings. The highest BCUT2D eigenvalue weighted by molar-refractivity contribution is 5.92. The number of nitrogens with zero attached hydrogens (tertiary/aromatic N) is 5. The molecular weight excluding hydrogens is 368 g/mol. The van der Waals surface area contributed by atoms with E-state index in [2.05, 4.69) is 15.2 Å². The van der Waals surface area contributed by atoms with Crippen LogP contribution in [0, 0.1) is 0 Å². The molecule has 1 aliphatic heterocycles. The maximum Gasteiger partial charge on any atom is 0.269 e. The molecule has 0 aromatic carbocycles. The van der Waals surface area contributed by atoms with E-state index in [-0.39, 0.29) is 11.8 Å². The summed E-state index contributed by atoms with van der Waals surface area (Å²) in [4.78, 5) is 41.4. The van der Waals surface area contributed by atoms with Crippen molar-refractivity contribution < 1.29 is 9.59 Å². The monoisotopic (exact) mass is 394 g/mol. The number of amides is 2. The Morgan fingerprint density at radius 1 is 1.14 bits per heavy atom. The van der Waals surface area contributed by atoms with E-state index in [9.17, 15) is 9.59 Å². The molecule has 0 radical (unpaired) electrons. The third-order valence-corrected chi connectivity index (χ3v) is 5.34. The molecule has 2 aromatic rings. The van der Waals surface area contributed by atoms with Gasteiger partial charge in [-0.1, -0.05) is 6.07 Å². The van der Waals surface area contributed by atoms with Crippen molar-refractivity contribution in [2.24, 2.45) is 0 Å². The van der Waals surface area contributed by atoms with E-state index in [1.54, 1.807) is 31.3 Å². The Balaban J connectivity index is 1.40. The second kappa shape index (κ2) is 8.55. The maximum absolute atomic E-state index is 12.2. The molecule has 29 heavy (non-hydrogen) atoms. The average molecular weight is 394 g/mol. The zero-order chi connectivity index (χ0) is 20.2. The summed E-state index contributed by atoms with van der Waals surface area (Å²) in [5.74, 6) is 2.23. The molecule has 0 unspecified atom stereocenters. The van der Waals surface area contributed by atoms with Crippen LogP contribution in [0.3, 0.4) is 0 Å². The number of aromatic nitrogens is 3. The number of pyridine rings is 1. The van der Waals surface area contributed by atoms with Crippen molar-refractivity contribution >= 4 is 17.6 Å². The Labute approximate surface area is 170 Å². The van der Waals surface area contributed by atoms with Gasteiger partial charge in [0.25, 0.3) is 5.91 Å². The van der Waals surface area contributed by atoms with Crippen molar-refractivity contribution in [2.45, 2.75) is 32.1 Å². The summed E-state index contributed by atoms with van der Waals surface area (Å²) >= 11 is 0. The Kier molecular flexibility index (Phi) is 5.69. The Bertz CT molecular complexity index is 876. The fraction of sp³-hybridized carbons (Fsp3) is 0.476. The number of piperazine rings is 1. The van der Waals surface area contributed by atoms with Gasteiger partial charge < -0.3 is 15.1 Å². The van der Waals surface area contributed by atoms with Gasteiger partial charge in [-0.3, -0.25) is 14.6 Å². The number of nitrogens with one attached hydrogen (secondary N) is 1. The molecule has 8 heteroatoms. The fourth-order valence-electron chi connectivity index (χ4n) is 3.46. The molecule has 0 atom stereocenters. The van der Waals surface area contributed by atoms with Gasteiger partial charge in [-0.05, 0) is 25.0 Å². The first-order valence-electron chi connectivity index (χ1n) is 10.2. The number of carbonyl (C=O) groups excluding carboxylic acids is 2. The topological polar surface area (TPSA) is 91.3 Å². The largest absolute Gasteiger partial charge is 0.353 e. The van der Waals surface area contributed by atoms with E-state index in [0.29, 0.717) is 37.7 Å². The SMILES string of the molecule is CC(=O)N1CCN(c2cc(CCNC(=O)c3ccccn3)nc(C3CC3)n2)CC1. The lowest BCUT2D eigenvalue weighted by atomic mass is 10.2. The normalized spacial score (nSPS) is 16.6. The number of carbonyl (C=O) groups is 2. The number of rotatable bonds is 6. The van der Waals surface area contributed by atoms with Crippen molar-refractivity contribution in [3.05, 3.63) is 47.7 Å². The van der Waals surface area contributed by atoms with Gasteiger partial charge in [-0.15, -0.1) is 0 Å². The molecule has 3 heterocycles. The van der Waals surface area contributed by atoms with E-state index >= 15 is 0 Å². The van der Waals surface area contributed by atoms with Crippen molar-refractivity contribution in [3.8, 4) is 0 Å². The summed E-state index contributed by atoms with van der Waals surface area (Å²) in [6, 6.07) is 7.30. The number of hydrogen-bond acceptors (Lipinski definition) is 6. The highest BCUT2D eigenvalue weighted by atomic mass is 16.2. The van der Waals surface area contributed by atoms with Crippen LogP contribution in [0.15, 0.2) is 30.5 Å². The Morgan fingerprint density at radius 2 is 1.93 bits per heavy atom. The van der Waals surface area contributed by atoms with Crippen molar-refractivity contribution in [3.63, 3.8) is 0 Å². The number of anilines is 1. The van der Waals surface area contributed by atoms with E-state index in [0.717, 1.165) is 43.3 Å². The highest BCUT2D eigenvalue weighted by Gasteiger charge is 2.28. The van der Waals surface area contributed by atoms with E-state index in [1.165, 1.54) is 0 Å². The minimum atomic E-state index is -0.178. The maximum atomic E-state index is 12.2. The minimum absolute atomic E-state index is 0.121. The molecule has 152 valence electrons. The third-order valence-electron chi connectivity index (χ3n) is 5.34. The van der Waals surface area contributed by atoms with Gasteiger partial charge in [0.1, 0.15) is 17.3 Å². The molecule has 2 aromatic heterocycles. The van der Waals surface area contributed by atoms with Crippen LogP contribution in [-0.2, 0) is 11.2 Å². The second-order valence-electron chi connectivity index (χ2n) is 7.56. The first-order valence-corrected chi connectivity index (χ1v) is 10.2. The summed E-state index contributed by atoms with van der Waals surface area (Å²) in [6.45, 7) is 5.09.